The summed E-state index contributed by atoms with van der Waals surface area (Å²) in [7, 11) is 0. The number of benzene rings is 1. The maximum Gasteiger partial charge on any atom is 0.120 e. The fourth-order valence-electron chi connectivity index (χ4n) is 2.65. The number of thiophene rings is 1. The van der Waals surface area contributed by atoms with Crippen LogP contribution < -0.4 is 5.32 Å². The van der Waals surface area contributed by atoms with Crippen molar-refractivity contribution in [3.8, 4) is 5.75 Å². The van der Waals surface area contributed by atoms with Crippen LogP contribution in [0.4, 0.5) is 0 Å². The summed E-state index contributed by atoms with van der Waals surface area (Å²) >= 11 is 1.72. The molecule has 2 heterocycles. The topological polar surface area (TPSA) is 44.6 Å². The summed E-state index contributed by atoms with van der Waals surface area (Å²) in [6, 6.07) is 11.8. The second-order valence-electron chi connectivity index (χ2n) is 5.72. The third-order valence-corrected chi connectivity index (χ3v) is 4.73. The predicted molar refractivity (Wildman–Crippen MR) is 88.1 cm³/mol. The smallest absolute Gasteiger partial charge is 0.120 e. The summed E-state index contributed by atoms with van der Waals surface area (Å²) in [5.41, 5.74) is 2.09. The number of phenolic OH excluding ortho intramolecular Hbond substituents is 1. The van der Waals surface area contributed by atoms with Gasteiger partial charge in [-0.05, 0) is 23.4 Å². The Balaban J connectivity index is 1.95. The molecule has 1 aromatic carbocycles. The molecule has 4 heteroatoms. The van der Waals surface area contributed by atoms with Gasteiger partial charge in [-0.1, -0.05) is 38.1 Å². The minimum absolute atomic E-state index is 0.0838. The third kappa shape index (κ3) is 3.01. The fourth-order valence-corrected chi connectivity index (χ4v) is 3.38. The number of aromatic hydroxyl groups is 1. The molecule has 2 aromatic rings. The minimum Gasteiger partial charge on any atom is -0.508 e. The normalized spacial score (nSPS) is 22.3. The molecule has 0 bridgehead atoms. The largest absolute Gasteiger partial charge is 0.508 e. The second kappa shape index (κ2) is 6.00. The van der Waals surface area contributed by atoms with E-state index in [0.29, 0.717) is 11.7 Å². The van der Waals surface area contributed by atoms with E-state index in [-0.39, 0.29) is 12.2 Å². The van der Waals surface area contributed by atoms with Crippen LogP contribution in [0, 0.1) is 5.92 Å². The van der Waals surface area contributed by atoms with Crippen LogP contribution in [0.15, 0.2) is 46.8 Å². The molecule has 1 aliphatic heterocycles. The van der Waals surface area contributed by atoms with Crippen molar-refractivity contribution in [3.05, 3.63) is 52.2 Å². The molecule has 2 unspecified atom stereocenters. The zero-order valence-corrected chi connectivity index (χ0v) is 13.1. The molecule has 21 heavy (non-hydrogen) atoms. The Bertz CT molecular complexity index is 634. The lowest BCUT2D eigenvalue weighted by Crippen LogP contribution is -2.41. The first-order chi connectivity index (χ1) is 10.1. The molecule has 1 aromatic heterocycles. The molecule has 0 aliphatic carbocycles. The monoisotopic (exact) mass is 300 g/mol. The molecule has 2 N–H and O–H groups in total. The molecule has 2 atom stereocenters. The molecular weight excluding hydrogens is 280 g/mol. The molecule has 0 spiro atoms. The number of hydrogen-bond donors (Lipinski definition) is 2. The quantitative estimate of drug-likeness (QED) is 0.901. The molecule has 0 saturated heterocycles. The van der Waals surface area contributed by atoms with Crippen molar-refractivity contribution < 1.29 is 5.11 Å². The number of hydrogen-bond acceptors (Lipinski definition) is 4. The highest BCUT2D eigenvalue weighted by atomic mass is 32.1. The molecule has 3 nitrogen and oxygen atoms in total. The first-order valence-electron chi connectivity index (χ1n) is 7.29. The van der Waals surface area contributed by atoms with Gasteiger partial charge in [0, 0.05) is 22.9 Å². The van der Waals surface area contributed by atoms with E-state index in [4.69, 9.17) is 4.99 Å². The first-order valence-corrected chi connectivity index (χ1v) is 8.17. The van der Waals surface area contributed by atoms with Gasteiger partial charge in [0.1, 0.15) is 11.9 Å². The van der Waals surface area contributed by atoms with E-state index in [2.05, 4.69) is 36.7 Å². The fraction of sp³-hybridized carbons (Fsp3) is 0.353. The number of para-hydroxylation sites is 1. The van der Waals surface area contributed by atoms with E-state index in [1.807, 2.05) is 18.2 Å². The van der Waals surface area contributed by atoms with Crippen LogP contribution in [-0.4, -0.2) is 17.0 Å². The summed E-state index contributed by atoms with van der Waals surface area (Å²) in [5, 5.41) is 15.8. The van der Waals surface area contributed by atoms with Gasteiger partial charge in [-0.15, -0.1) is 11.3 Å². The highest BCUT2D eigenvalue weighted by Gasteiger charge is 2.28. The van der Waals surface area contributed by atoms with Crippen LogP contribution in [0.25, 0.3) is 0 Å². The van der Waals surface area contributed by atoms with Crippen LogP contribution in [-0.2, 0) is 0 Å². The summed E-state index contributed by atoms with van der Waals surface area (Å²) in [6.45, 7) is 4.33. The Labute approximate surface area is 129 Å². The Hall–Kier alpha value is -1.65. The number of aliphatic imine (C=N–C) groups is 1. The molecule has 0 radical (unpaired) electrons. The van der Waals surface area contributed by atoms with Gasteiger partial charge in [-0.3, -0.25) is 10.3 Å². The van der Waals surface area contributed by atoms with Crippen molar-refractivity contribution in [2.45, 2.75) is 32.5 Å². The van der Waals surface area contributed by atoms with Crippen molar-refractivity contribution >= 4 is 17.0 Å². The molecular formula is C17H20N2OS. The van der Waals surface area contributed by atoms with Gasteiger partial charge >= 0.3 is 0 Å². The average molecular weight is 300 g/mol. The standard InChI is InChI=1S/C17H20N2OS/c1-11(2)17-18-13(12-6-3-4-7-15(12)20)10-14(19-17)16-8-5-9-21-16/h3-9,11,13,17-18,20H,10H2,1-2H3. The lowest BCUT2D eigenvalue weighted by atomic mass is 9.95. The lowest BCUT2D eigenvalue weighted by Gasteiger charge is -2.32. The average Bonchev–Trinajstić information content (AvgIpc) is 3.01. The molecule has 1 aliphatic rings. The first kappa shape index (κ1) is 14.3. The SMILES string of the molecule is CC(C)C1N=C(c2cccs2)CC(c2ccccc2O)N1. The van der Waals surface area contributed by atoms with E-state index in [0.717, 1.165) is 17.7 Å². The zero-order valence-electron chi connectivity index (χ0n) is 12.3. The van der Waals surface area contributed by atoms with Crippen LogP contribution in [0.5, 0.6) is 5.75 Å². The van der Waals surface area contributed by atoms with E-state index < -0.39 is 0 Å². The Kier molecular flexibility index (Phi) is 4.08. The number of nitrogens with zero attached hydrogens (tertiary/aromatic N) is 1. The molecule has 110 valence electrons. The van der Waals surface area contributed by atoms with Crippen molar-refractivity contribution in [2.75, 3.05) is 0 Å². The van der Waals surface area contributed by atoms with Gasteiger partial charge in [-0.2, -0.15) is 0 Å². The highest BCUT2D eigenvalue weighted by molar-refractivity contribution is 7.12. The summed E-state index contributed by atoms with van der Waals surface area (Å²) in [6.07, 6.45) is 0.891. The molecule has 3 rings (SSSR count). The number of phenols is 1. The predicted octanol–water partition coefficient (Wildman–Crippen LogP) is 3.96. The van der Waals surface area contributed by atoms with Crippen molar-refractivity contribution in [3.63, 3.8) is 0 Å². The van der Waals surface area contributed by atoms with Crippen molar-refractivity contribution in [1.82, 2.24) is 5.32 Å². The number of nitrogens with one attached hydrogen (secondary N) is 1. The minimum atomic E-state index is 0.0838. The molecule has 0 amide bonds. The van der Waals surface area contributed by atoms with Gasteiger partial charge in [0.05, 0.1) is 5.71 Å². The maximum absolute atomic E-state index is 10.1. The van der Waals surface area contributed by atoms with Crippen LogP contribution >= 0.6 is 11.3 Å². The summed E-state index contributed by atoms with van der Waals surface area (Å²) in [5.74, 6) is 0.763. The molecule has 0 saturated carbocycles. The zero-order chi connectivity index (χ0) is 14.8. The Morgan fingerprint density at radius 1 is 1.24 bits per heavy atom. The van der Waals surface area contributed by atoms with Crippen LogP contribution in [0.1, 0.15) is 36.8 Å². The van der Waals surface area contributed by atoms with Crippen molar-refractivity contribution in [1.29, 1.82) is 0 Å². The molecule has 0 fully saturated rings. The lowest BCUT2D eigenvalue weighted by molar-refractivity contribution is 0.345. The Morgan fingerprint density at radius 2 is 2.05 bits per heavy atom. The van der Waals surface area contributed by atoms with Gasteiger partial charge in [0.15, 0.2) is 0 Å². The maximum atomic E-state index is 10.1. The summed E-state index contributed by atoms with van der Waals surface area (Å²) in [4.78, 5) is 6.09. The van der Waals surface area contributed by atoms with Gasteiger partial charge in [-0.25, -0.2) is 0 Å². The second-order valence-corrected chi connectivity index (χ2v) is 6.67. The van der Waals surface area contributed by atoms with Gasteiger partial charge in [0.25, 0.3) is 0 Å². The van der Waals surface area contributed by atoms with E-state index in [1.165, 1.54) is 4.88 Å². The third-order valence-electron chi connectivity index (χ3n) is 3.81. The Morgan fingerprint density at radius 3 is 2.71 bits per heavy atom. The van der Waals surface area contributed by atoms with Crippen LogP contribution in [0.3, 0.4) is 0 Å². The van der Waals surface area contributed by atoms with E-state index in [9.17, 15) is 5.11 Å². The van der Waals surface area contributed by atoms with Crippen LogP contribution in [0.2, 0.25) is 0 Å². The number of rotatable bonds is 3. The van der Waals surface area contributed by atoms with E-state index in [1.54, 1.807) is 17.4 Å². The van der Waals surface area contributed by atoms with Gasteiger partial charge in [0.2, 0.25) is 0 Å². The van der Waals surface area contributed by atoms with Gasteiger partial charge < -0.3 is 5.11 Å². The highest BCUT2D eigenvalue weighted by Crippen LogP contribution is 2.32. The van der Waals surface area contributed by atoms with Crippen molar-refractivity contribution in [2.24, 2.45) is 10.9 Å². The van der Waals surface area contributed by atoms with E-state index >= 15 is 0 Å². The summed E-state index contributed by atoms with van der Waals surface area (Å²) < 4.78 is 0.